The van der Waals surface area contributed by atoms with Gasteiger partial charge in [0.2, 0.25) is 0 Å². The molecule has 3 rings (SSSR count). The highest BCUT2D eigenvalue weighted by atomic mass is 16.3. The van der Waals surface area contributed by atoms with Crippen molar-refractivity contribution in [3.05, 3.63) is 65.7 Å². The van der Waals surface area contributed by atoms with Crippen molar-refractivity contribution in [1.29, 1.82) is 0 Å². The number of benzene rings is 2. The molecule has 136 valence electrons. The Bertz CT molecular complexity index is 774. The van der Waals surface area contributed by atoms with E-state index in [4.69, 9.17) is 5.73 Å². The van der Waals surface area contributed by atoms with E-state index in [1.54, 1.807) is 24.3 Å². The minimum absolute atomic E-state index is 0.0604. The Kier molecular flexibility index (Phi) is 5.58. The molecule has 1 heterocycles. The highest BCUT2D eigenvalue weighted by molar-refractivity contribution is 6.07. The van der Waals surface area contributed by atoms with Crippen LogP contribution >= 0.6 is 0 Å². The fraction of sp³-hybridized carbons (Fsp3) is 0.286. The number of nitrogens with two attached hydrogens (primary N) is 1. The molecule has 0 amide bonds. The first kappa shape index (κ1) is 18.0. The molecule has 0 atom stereocenters. The number of likely N-dealkylation sites (N-methyl/N-ethyl adjacent to an activating group) is 1. The van der Waals surface area contributed by atoms with Gasteiger partial charge in [0.25, 0.3) is 0 Å². The van der Waals surface area contributed by atoms with E-state index in [9.17, 15) is 9.90 Å². The summed E-state index contributed by atoms with van der Waals surface area (Å²) in [5, 5.41) is 10.1. The van der Waals surface area contributed by atoms with Crippen LogP contribution in [0.1, 0.15) is 22.8 Å². The molecule has 0 aliphatic carbocycles. The van der Waals surface area contributed by atoms with E-state index in [1.807, 2.05) is 24.3 Å². The summed E-state index contributed by atoms with van der Waals surface area (Å²) >= 11 is 0. The molecular formula is C21H25N3O2. The SMILES string of the molecule is CCN1CCN(c2ccc(C(=O)/C=C(\O)c3ccc(N)cc3)cc2)CC1. The van der Waals surface area contributed by atoms with Gasteiger partial charge in [-0.2, -0.15) is 0 Å². The monoisotopic (exact) mass is 351 g/mol. The van der Waals surface area contributed by atoms with Gasteiger partial charge >= 0.3 is 0 Å². The zero-order chi connectivity index (χ0) is 18.5. The number of hydrogen-bond acceptors (Lipinski definition) is 5. The number of hydrogen-bond donors (Lipinski definition) is 2. The Balaban J connectivity index is 1.67. The summed E-state index contributed by atoms with van der Waals surface area (Å²) in [6.45, 7) is 7.40. The van der Waals surface area contributed by atoms with Crippen LogP contribution in [-0.4, -0.2) is 48.5 Å². The highest BCUT2D eigenvalue weighted by Crippen LogP contribution is 2.19. The third-order valence-electron chi connectivity index (χ3n) is 4.81. The normalized spacial score (nSPS) is 15.9. The molecule has 0 spiro atoms. The van der Waals surface area contributed by atoms with Crippen LogP contribution in [0.5, 0.6) is 0 Å². The van der Waals surface area contributed by atoms with E-state index in [2.05, 4.69) is 16.7 Å². The predicted octanol–water partition coefficient (Wildman–Crippen LogP) is 3.19. The molecule has 5 heteroatoms. The van der Waals surface area contributed by atoms with Crippen LogP contribution < -0.4 is 10.6 Å². The zero-order valence-electron chi connectivity index (χ0n) is 15.1. The first-order valence-electron chi connectivity index (χ1n) is 8.95. The van der Waals surface area contributed by atoms with Gasteiger partial charge in [-0.05, 0) is 55.1 Å². The van der Waals surface area contributed by atoms with Crippen LogP contribution in [0.25, 0.3) is 5.76 Å². The van der Waals surface area contributed by atoms with Crippen molar-refractivity contribution in [3.8, 4) is 0 Å². The Morgan fingerprint density at radius 2 is 1.58 bits per heavy atom. The van der Waals surface area contributed by atoms with Gasteiger partial charge in [0.05, 0.1) is 0 Å². The number of nitrogen functional groups attached to an aromatic ring is 1. The molecule has 2 aromatic carbocycles. The average Bonchev–Trinajstić information content (AvgIpc) is 2.68. The molecule has 1 aliphatic rings. The van der Waals surface area contributed by atoms with Gasteiger partial charge in [-0.3, -0.25) is 4.79 Å². The van der Waals surface area contributed by atoms with Crippen LogP contribution in [0.4, 0.5) is 11.4 Å². The quantitative estimate of drug-likeness (QED) is 0.375. The van der Waals surface area contributed by atoms with E-state index < -0.39 is 0 Å². The van der Waals surface area contributed by atoms with Crippen LogP contribution in [0.3, 0.4) is 0 Å². The van der Waals surface area contributed by atoms with Crippen molar-refractivity contribution in [1.82, 2.24) is 4.90 Å². The zero-order valence-corrected chi connectivity index (χ0v) is 15.1. The van der Waals surface area contributed by atoms with Gasteiger partial charge in [0, 0.05) is 54.8 Å². The summed E-state index contributed by atoms with van der Waals surface area (Å²) in [5.74, 6) is -0.281. The van der Waals surface area contributed by atoms with Crippen LogP contribution in [-0.2, 0) is 0 Å². The lowest BCUT2D eigenvalue weighted by molar-refractivity contribution is 0.104. The van der Waals surface area contributed by atoms with Gasteiger partial charge in [0.1, 0.15) is 5.76 Å². The van der Waals surface area contributed by atoms with E-state index in [0.717, 1.165) is 38.4 Å². The maximum Gasteiger partial charge on any atom is 0.189 e. The number of aliphatic hydroxyl groups is 1. The van der Waals surface area contributed by atoms with Crippen molar-refractivity contribution < 1.29 is 9.90 Å². The molecule has 0 bridgehead atoms. The number of ketones is 1. The molecule has 0 aromatic heterocycles. The number of carbonyl (C=O) groups is 1. The Morgan fingerprint density at radius 1 is 1.00 bits per heavy atom. The fourth-order valence-electron chi connectivity index (χ4n) is 3.10. The summed E-state index contributed by atoms with van der Waals surface area (Å²) in [5.41, 5.74) is 8.50. The molecule has 26 heavy (non-hydrogen) atoms. The van der Waals surface area contributed by atoms with Crippen molar-refractivity contribution in [2.75, 3.05) is 43.4 Å². The summed E-state index contributed by atoms with van der Waals surface area (Å²) in [7, 11) is 0. The minimum Gasteiger partial charge on any atom is -0.507 e. The van der Waals surface area contributed by atoms with E-state index in [0.29, 0.717) is 16.8 Å². The maximum absolute atomic E-state index is 12.4. The largest absolute Gasteiger partial charge is 0.507 e. The maximum atomic E-state index is 12.4. The molecule has 1 fully saturated rings. The molecule has 5 nitrogen and oxygen atoms in total. The van der Waals surface area contributed by atoms with Crippen LogP contribution in [0.15, 0.2) is 54.6 Å². The topological polar surface area (TPSA) is 69.8 Å². The van der Waals surface area contributed by atoms with Crippen molar-refractivity contribution in [2.24, 2.45) is 0 Å². The molecule has 1 aliphatic heterocycles. The second-order valence-electron chi connectivity index (χ2n) is 6.48. The van der Waals surface area contributed by atoms with Gasteiger partial charge in [0.15, 0.2) is 5.78 Å². The number of piperazine rings is 1. The number of nitrogens with zero attached hydrogens (tertiary/aromatic N) is 2. The lowest BCUT2D eigenvalue weighted by Gasteiger charge is -2.35. The van der Waals surface area contributed by atoms with E-state index >= 15 is 0 Å². The van der Waals surface area contributed by atoms with Crippen molar-refractivity contribution in [3.63, 3.8) is 0 Å². The molecule has 0 saturated carbocycles. The summed E-state index contributed by atoms with van der Waals surface area (Å²) in [6, 6.07) is 14.3. The van der Waals surface area contributed by atoms with Gasteiger partial charge < -0.3 is 20.6 Å². The lowest BCUT2D eigenvalue weighted by Crippen LogP contribution is -2.46. The molecular weight excluding hydrogens is 326 g/mol. The number of carbonyl (C=O) groups excluding carboxylic acids is 1. The third kappa shape index (κ3) is 4.24. The Hall–Kier alpha value is -2.79. The number of anilines is 2. The average molecular weight is 351 g/mol. The molecule has 0 unspecified atom stereocenters. The van der Waals surface area contributed by atoms with E-state index in [-0.39, 0.29) is 11.5 Å². The van der Waals surface area contributed by atoms with E-state index in [1.165, 1.54) is 6.08 Å². The van der Waals surface area contributed by atoms with Crippen molar-refractivity contribution >= 4 is 22.9 Å². The summed E-state index contributed by atoms with van der Waals surface area (Å²) in [4.78, 5) is 17.1. The fourth-order valence-corrected chi connectivity index (χ4v) is 3.10. The molecule has 2 aromatic rings. The summed E-state index contributed by atoms with van der Waals surface area (Å²) < 4.78 is 0. The second-order valence-corrected chi connectivity index (χ2v) is 6.48. The first-order chi connectivity index (χ1) is 12.6. The summed E-state index contributed by atoms with van der Waals surface area (Å²) in [6.07, 6.45) is 1.25. The molecule has 0 radical (unpaired) electrons. The second kappa shape index (κ2) is 8.06. The number of rotatable bonds is 5. The van der Waals surface area contributed by atoms with Gasteiger partial charge in [-0.15, -0.1) is 0 Å². The Labute approximate surface area is 154 Å². The third-order valence-corrected chi connectivity index (χ3v) is 4.81. The molecule has 3 N–H and O–H groups in total. The van der Waals surface area contributed by atoms with Crippen molar-refractivity contribution in [2.45, 2.75) is 6.92 Å². The van der Waals surface area contributed by atoms with Gasteiger partial charge in [-0.1, -0.05) is 6.92 Å². The lowest BCUT2D eigenvalue weighted by atomic mass is 10.1. The first-order valence-corrected chi connectivity index (χ1v) is 8.95. The predicted molar refractivity (Wildman–Crippen MR) is 107 cm³/mol. The number of allylic oxidation sites excluding steroid dienone is 1. The highest BCUT2D eigenvalue weighted by Gasteiger charge is 2.16. The standard InChI is InChI=1S/C21H25N3O2/c1-2-23-11-13-24(14-12-23)19-9-5-17(6-10-19)21(26)15-20(25)16-3-7-18(22)8-4-16/h3-10,15,25H,2,11-14,22H2,1H3/b20-15-. The van der Waals surface area contributed by atoms with Gasteiger partial charge in [-0.25, -0.2) is 0 Å². The molecule has 1 saturated heterocycles. The minimum atomic E-state index is -0.221. The smallest absolute Gasteiger partial charge is 0.189 e. The van der Waals surface area contributed by atoms with Crippen LogP contribution in [0.2, 0.25) is 0 Å². The van der Waals surface area contributed by atoms with Crippen LogP contribution in [0, 0.1) is 0 Å². The Morgan fingerprint density at radius 3 is 2.15 bits per heavy atom. The number of aliphatic hydroxyl groups excluding tert-OH is 1.